The number of ether oxygens (including phenoxy) is 1. The van der Waals surface area contributed by atoms with Crippen LogP contribution in [0.3, 0.4) is 0 Å². The van der Waals surface area contributed by atoms with Crippen LogP contribution < -0.4 is 5.32 Å². The fourth-order valence-corrected chi connectivity index (χ4v) is 1.97. The Balaban J connectivity index is 2.07. The van der Waals surface area contributed by atoms with Gasteiger partial charge in [0.25, 0.3) is 0 Å². The summed E-state index contributed by atoms with van der Waals surface area (Å²) < 4.78 is 5.42. The number of urea groups is 1. The summed E-state index contributed by atoms with van der Waals surface area (Å²) in [5, 5.41) is 2.96. The molecule has 100 valence electrons. The van der Waals surface area contributed by atoms with Crippen LogP contribution in [0, 0.1) is 0 Å². The predicted molar refractivity (Wildman–Crippen MR) is 69.1 cm³/mol. The second-order valence-electron chi connectivity index (χ2n) is 4.91. The first-order valence-corrected chi connectivity index (χ1v) is 6.84. The maximum atomic E-state index is 11.8. The quantitative estimate of drug-likeness (QED) is 0.752. The number of likely N-dealkylation sites (tertiary alicyclic amines) is 1. The van der Waals surface area contributed by atoms with E-state index >= 15 is 0 Å². The number of hydrogen-bond donors (Lipinski definition) is 1. The Morgan fingerprint density at radius 3 is 2.47 bits per heavy atom. The van der Waals surface area contributed by atoms with Crippen molar-refractivity contribution in [1.82, 2.24) is 10.2 Å². The normalized spacial score (nSPS) is 17.0. The molecule has 0 radical (unpaired) electrons. The standard InChI is InChI=1S/C13H26N2O2/c1-12(2)17-11-7-8-14-13(16)15-9-5-3-4-6-10-15/h12H,3-11H2,1-2H3,(H,14,16). The average molecular weight is 242 g/mol. The SMILES string of the molecule is CC(C)OCCCNC(=O)N1CCCCCC1. The van der Waals surface area contributed by atoms with Crippen molar-refractivity contribution in [2.45, 2.75) is 52.1 Å². The molecule has 2 amide bonds. The van der Waals surface area contributed by atoms with Gasteiger partial charge in [0.1, 0.15) is 0 Å². The van der Waals surface area contributed by atoms with Crippen LogP contribution >= 0.6 is 0 Å². The Labute approximate surface area is 105 Å². The van der Waals surface area contributed by atoms with Gasteiger partial charge < -0.3 is 15.0 Å². The summed E-state index contributed by atoms with van der Waals surface area (Å²) >= 11 is 0. The second-order valence-corrected chi connectivity index (χ2v) is 4.91. The molecule has 0 atom stereocenters. The molecule has 1 rings (SSSR count). The summed E-state index contributed by atoms with van der Waals surface area (Å²) in [6, 6.07) is 0.0939. The molecule has 17 heavy (non-hydrogen) atoms. The van der Waals surface area contributed by atoms with Crippen molar-refractivity contribution in [3.05, 3.63) is 0 Å². The van der Waals surface area contributed by atoms with Gasteiger partial charge in [-0.3, -0.25) is 0 Å². The van der Waals surface area contributed by atoms with Gasteiger partial charge in [-0.05, 0) is 33.1 Å². The van der Waals surface area contributed by atoms with E-state index in [1.54, 1.807) is 0 Å². The van der Waals surface area contributed by atoms with Crippen LogP contribution in [0.5, 0.6) is 0 Å². The maximum Gasteiger partial charge on any atom is 0.317 e. The fraction of sp³-hybridized carbons (Fsp3) is 0.923. The largest absolute Gasteiger partial charge is 0.379 e. The third-order valence-corrected chi connectivity index (χ3v) is 2.94. The van der Waals surface area contributed by atoms with Crippen LogP contribution in [0.2, 0.25) is 0 Å². The lowest BCUT2D eigenvalue weighted by molar-refractivity contribution is 0.0772. The number of carbonyl (C=O) groups is 1. The van der Waals surface area contributed by atoms with Crippen LogP contribution in [0.15, 0.2) is 0 Å². The summed E-state index contributed by atoms with van der Waals surface area (Å²) in [6.45, 7) is 7.30. The molecule has 1 aliphatic rings. The molecule has 0 saturated carbocycles. The van der Waals surface area contributed by atoms with Crippen LogP contribution in [-0.2, 0) is 4.74 Å². The van der Waals surface area contributed by atoms with Gasteiger partial charge in [0.05, 0.1) is 6.10 Å². The van der Waals surface area contributed by atoms with Gasteiger partial charge in [-0.25, -0.2) is 4.79 Å². The van der Waals surface area contributed by atoms with E-state index in [4.69, 9.17) is 4.74 Å². The molecule has 4 heteroatoms. The van der Waals surface area contributed by atoms with Crippen molar-refractivity contribution in [2.24, 2.45) is 0 Å². The number of nitrogens with one attached hydrogen (secondary N) is 1. The minimum Gasteiger partial charge on any atom is -0.379 e. The van der Waals surface area contributed by atoms with E-state index in [-0.39, 0.29) is 12.1 Å². The number of amides is 2. The minimum absolute atomic E-state index is 0.0939. The van der Waals surface area contributed by atoms with Crippen LogP contribution in [0.25, 0.3) is 0 Å². The Morgan fingerprint density at radius 2 is 1.88 bits per heavy atom. The van der Waals surface area contributed by atoms with E-state index in [2.05, 4.69) is 5.32 Å². The highest BCUT2D eigenvalue weighted by Crippen LogP contribution is 2.09. The Hall–Kier alpha value is -0.770. The number of rotatable bonds is 5. The summed E-state index contributed by atoms with van der Waals surface area (Å²) in [6.07, 6.45) is 5.96. The zero-order valence-electron chi connectivity index (χ0n) is 11.2. The minimum atomic E-state index is 0.0939. The first-order valence-electron chi connectivity index (χ1n) is 6.84. The maximum absolute atomic E-state index is 11.8. The second kappa shape index (κ2) is 8.34. The smallest absolute Gasteiger partial charge is 0.317 e. The molecule has 0 aliphatic carbocycles. The molecule has 1 N–H and O–H groups in total. The molecular formula is C13H26N2O2. The zero-order chi connectivity index (χ0) is 12.5. The Kier molecular flexibility index (Phi) is 7.01. The Bertz CT molecular complexity index is 211. The molecule has 4 nitrogen and oxygen atoms in total. The van der Waals surface area contributed by atoms with E-state index in [0.29, 0.717) is 6.54 Å². The molecule has 0 aromatic carbocycles. The summed E-state index contributed by atoms with van der Waals surface area (Å²) in [5.41, 5.74) is 0. The average Bonchev–Trinajstić information content (AvgIpc) is 2.56. The Morgan fingerprint density at radius 1 is 1.24 bits per heavy atom. The predicted octanol–water partition coefficient (Wildman–Crippen LogP) is 2.39. The monoisotopic (exact) mass is 242 g/mol. The molecule has 0 unspecified atom stereocenters. The van der Waals surface area contributed by atoms with E-state index < -0.39 is 0 Å². The van der Waals surface area contributed by atoms with Crippen molar-refractivity contribution in [3.8, 4) is 0 Å². The first kappa shape index (κ1) is 14.3. The highest BCUT2D eigenvalue weighted by atomic mass is 16.5. The van der Waals surface area contributed by atoms with Gasteiger partial charge in [-0.15, -0.1) is 0 Å². The third-order valence-electron chi connectivity index (χ3n) is 2.94. The van der Waals surface area contributed by atoms with Gasteiger partial charge in [0.15, 0.2) is 0 Å². The van der Waals surface area contributed by atoms with Crippen LogP contribution in [-0.4, -0.2) is 43.3 Å². The molecule has 0 aromatic heterocycles. The van der Waals surface area contributed by atoms with E-state index in [9.17, 15) is 4.79 Å². The third kappa shape index (κ3) is 6.51. The van der Waals surface area contributed by atoms with Gasteiger partial charge in [-0.1, -0.05) is 12.8 Å². The summed E-state index contributed by atoms with van der Waals surface area (Å²) in [7, 11) is 0. The number of carbonyl (C=O) groups excluding carboxylic acids is 1. The van der Waals surface area contributed by atoms with Gasteiger partial charge in [-0.2, -0.15) is 0 Å². The fourth-order valence-electron chi connectivity index (χ4n) is 1.97. The lowest BCUT2D eigenvalue weighted by Gasteiger charge is -2.20. The van der Waals surface area contributed by atoms with Gasteiger partial charge in [0, 0.05) is 26.2 Å². The van der Waals surface area contributed by atoms with Crippen molar-refractivity contribution >= 4 is 6.03 Å². The molecule has 0 spiro atoms. The molecule has 1 fully saturated rings. The van der Waals surface area contributed by atoms with Crippen molar-refractivity contribution in [3.63, 3.8) is 0 Å². The molecule has 0 aromatic rings. The van der Waals surface area contributed by atoms with Crippen LogP contribution in [0.4, 0.5) is 4.79 Å². The molecular weight excluding hydrogens is 216 g/mol. The van der Waals surface area contributed by atoms with Gasteiger partial charge in [0.2, 0.25) is 0 Å². The topological polar surface area (TPSA) is 41.6 Å². The molecule has 1 aliphatic heterocycles. The lowest BCUT2D eigenvalue weighted by Crippen LogP contribution is -2.41. The van der Waals surface area contributed by atoms with E-state index in [1.165, 1.54) is 12.8 Å². The highest BCUT2D eigenvalue weighted by molar-refractivity contribution is 5.74. The van der Waals surface area contributed by atoms with Crippen molar-refractivity contribution in [1.29, 1.82) is 0 Å². The summed E-state index contributed by atoms with van der Waals surface area (Å²) in [4.78, 5) is 13.8. The molecule has 0 bridgehead atoms. The van der Waals surface area contributed by atoms with Gasteiger partial charge >= 0.3 is 6.03 Å². The number of hydrogen-bond acceptors (Lipinski definition) is 2. The lowest BCUT2D eigenvalue weighted by atomic mass is 10.2. The zero-order valence-corrected chi connectivity index (χ0v) is 11.2. The first-order chi connectivity index (χ1) is 8.20. The van der Waals surface area contributed by atoms with Crippen molar-refractivity contribution in [2.75, 3.05) is 26.2 Å². The van der Waals surface area contributed by atoms with Crippen LogP contribution in [0.1, 0.15) is 46.0 Å². The van der Waals surface area contributed by atoms with Crippen molar-refractivity contribution < 1.29 is 9.53 Å². The molecule has 1 saturated heterocycles. The van der Waals surface area contributed by atoms with E-state index in [1.807, 2.05) is 18.7 Å². The highest BCUT2D eigenvalue weighted by Gasteiger charge is 2.14. The summed E-state index contributed by atoms with van der Waals surface area (Å²) in [5.74, 6) is 0. The number of nitrogens with zero attached hydrogens (tertiary/aromatic N) is 1. The van der Waals surface area contributed by atoms with E-state index in [0.717, 1.165) is 39.0 Å². The molecule has 1 heterocycles.